The quantitative estimate of drug-likeness (QED) is 0.318. The van der Waals surface area contributed by atoms with Gasteiger partial charge in [-0.1, -0.05) is 0 Å². The van der Waals surface area contributed by atoms with Crippen LogP contribution in [-0.4, -0.2) is 28.3 Å². The summed E-state index contributed by atoms with van der Waals surface area (Å²) in [4.78, 5) is 20.2. The minimum atomic E-state index is -0.679. The van der Waals surface area contributed by atoms with Crippen LogP contribution in [0.25, 0.3) is 0 Å². The van der Waals surface area contributed by atoms with Crippen molar-refractivity contribution in [1.82, 2.24) is 10.3 Å². The summed E-state index contributed by atoms with van der Waals surface area (Å²) in [5.41, 5.74) is 12.8. The van der Waals surface area contributed by atoms with Gasteiger partial charge in [0.1, 0.15) is 11.7 Å². The molecular weight excluding hydrogens is 383 g/mol. The summed E-state index contributed by atoms with van der Waals surface area (Å²) in [5.74, 6) is -1.07. The maximum atomic E-state index is 13.0. The van der Waals surface area contributed by atoms with Crippen LogP contribution in [0.15, 0.2) is 65.6 Å². The highest BCUT2D eigenvalue weighted by Crippen LogP contribution is 2.30. The van der Waals surface area contributed by atoms with Crippen molar-refractivity contribution in [1.29, 1.82) is 0 Å². The normalized spacial score (nSPS) is 22.4. The lowest BCUT2D eigenvalue weighted by Gasteiger charge is -2.38. The van der Waals surface area contributed by atoms with Crippen molar-refractivity contribution in [3.8, 4) is 0 Å². The molecule has 0 aliphatic heterocycles. The lowest BCUT2D eigenvalue weighted by atomic mass is 9.80. The molecule has 1 saturated carbocycles. The topological polar surface area (TPSA) is 118 Å². The average Bonchev–Trinajstić information content (AvgIpc) is 2.72. The van der Waals surface area contributed by atoms with Gasteiger partial charge in [-0.25, -0.2) is 9.38 Å². The monoisotopic (exact) mass is 410 g/mol. The first-order chi connectivity index (χ1) is 14.3. The number of nitrogens with two attached hydrogens (primary N) is 2. The molecule has 2 aromatic rings. The molecule has 0 saturated heterocycles. The Morgan fingerprint density at radius 1 is 1.23 bits per heavy atom. The fourth-order valence-corrected chi connectivity index (χ4v) is 3.46. The van der Waals surface area contributed by atoms with Crippen LogP contribution in [0.2, 0.25) is 0 Å². The third kappa shape index (κ3) is 5.79. The predicted octanol–water partition coefficient (Wildman–Crippen LogP) is 2.98. The third-order valence-corrected chi connectivity index (χ3v) is 5.30. The summed E-state index contributed by atoms with van der Waals surface area (Å²) in [6, 6.07) is 9.79. The molecule has 0 radical (unpaired) electrons. The predicted molar refractivity (Wildman–Crippen MR) is 117 cm³/mol. The second-order valence-electron chi connectivity index (χ2n) is 7.76. The molecule has 7 nitrogen and oxygen atoms in total. The van der Waals surface area contributed by atoms with Gasteiger partial charge in [0, 0.05) is 30.2 Å². The van der Waals surface area contributed by atoms with E-state index in [1.807, 2.05) is 18.3 Å². The zero-order chi connectivity index (χ0) is 21.6. The van der Waals surface area contributed by atoms with Gasteiger partial charge in [-0.2, -0.15) is 0 Å². The van der Waals surface area contributed by atoms with Crippen LogP contribution in [0, 0.1) is 5.82 Å². The summed E-state index contributed by atoms with van der Waals surface area (Å²) in [5, 5.41) is 6.82. The van der Waals surface area contributed by atoms with Crippen molar-refractivity contribution in [3.63, 3.8) is 0 Å². The lowest BCUT2D eigenvalue weighted by molar-refractivity contribution is -0.114. The largest absolute Gasteiger partial charge is 0.385 e. The summed E-state index contributed by atoms with van der Waals surface area (Å²) < 4.78 is 13.0. The number of hydrogen-bond acceptors (Lipinski definition) is 5. The number of pyridine rings is 1. The van der Waals surface area contributed by atoms with Gasteiger partial charge in [-0.3, -0.25) is 9.78 Å². The van der Waals surface area contributed by atoms with E-state index in [1.165, 1.54) is 24.3 Å². The van der Waals surface area contributed by atoms with Crippen molar-refractivity contribution in [2.45, 2.75) is 44.2 Å². The van der Waals surface area contributed by atoms with E-state index in [0.29, 0.717) is 11.7 Å². The molecule has 1 fully saturated rings. The molecule has 3 rings (SSSR count). The number of rotatable bonds is 7. The summed E-state index contributed by atoms with van der Waals surface area (Å²) >= 11 is 0. The van der Waals surface area contributed by atoms with E-state index in [4.69, 9.17) is 11.5 Å². The number of halogens is 1. The van der Waals surface area contributed by atoms with Gasteiger partial charge in [0.25, 0.3) is 5.91 Å². The van der Waals surface area contributed by atoms with Gasteiger partial charge >= 0.3 is 0 Å². The maximum Gasteiger partial charge on any atom is 0.253 e. The molecular formula is C22H27FN6O. The van der Waals surface area contributed by atoms with Crippen molar-refractivity contribution in [3.05, 3.63) is 66.4 Å². The SMILES string of the molecule is CC1(N/C=C(/C(N)=O)C(N)=Nc2ccc(F)cc2)CCC(Nc2cccnc2)CC1. The Labute approximate surface area is 175 Å². The van der Waals surface area contributed by atoms with Gasteiger partial charge in [-0.05, 0) is 69.0 Å². The van der Waals surface area contributed by atoms with E-state index in [-0.39, 0.29) is 22.8 Å². The Morgan fingerprint density at radius 3 is 2.53 bits per heavy atom. The van der Waals surface area contributed by atoms with E-state index >= 15 is 0 Å². The molecule has 8 heteroatoms. The standard InChI is InChI=1S/C22H27FN6O/c1-22(10-8-17(9-11-22)28-18-3-2-12-26-13-18)27-14-19(21(25)30)20(24)29-16-6-4-15(23)5-7-16/h2-7,12-14,17,27-28H,8-11H2,1H3,(H2,24,29)(H2,25,30)/b19-14+. The van der Waals surface area contributed by atoms with Crippen LogP contribution in [0.5, 0.6) is 0 Å². The number of benzene rings is 1. The highest BCUT2D eigenvalue weighted by molar-refractivity contribution is 6.20. The number of amidine groups is 1. The number of primary amides is 1. The maximum absolute atomic E-state index is 13.0. The number of nitrogens with one attached hydrogen (secondary N) is 2. The molecule has 158 valence electrons. The smallest absolute Gasteiger partial charge is 0.253 e. The van der Waals surface area contributed by atoms with Crippen LogP contribution in [-0.2, 0) is 4.79 Å². The highest BCUT2D eigenvalue weighted by Gasteiger charge is 2.30. The summed E-state index contributed by atoms with van der Waals surface area (Å²) in [6.07, 6.45) is 8.86. The van der Waals surface area contributed by atoms with E-state index < -0.39 is 5.91 Å². The van der Waals surface area contributed by atoms with Gasteiger partial charge in [0.05, 0.1) is 16.9 Å². The van der Waals surface area contributed by atoms with Gasteiger partial charge in [0.2, 0.25) is 0 Å². The van der Waals surface area contributed by atoms with Crippen molar-refractivity contribution >= 4 is 23.1 Å². The fourth-order valence-electron chi connectivity index (χ4n) is 3.46. The first-order valence-corrected chi connectivity index (χ1v) is 9.89. The van der Waals surface area contributed by atoms with Crippen LogP contribution in [0.3, 0.4) is 0 Å². The third-order valence-electron chi connectivity index (χ3n) is 5.30. The number of hydrogen-bond donors (Lipinski definition) is 4. The molecule has 6 N–H and O–H groups in total. The van der Waals surface area contributed by atoms with Crippen LogP contribution >= 0.6 is 0 Å². The molecule has 1 heterocycles. The van der Waals surface area contributed by atoms with E-state index in [1.54, 1.807) is 12.4 Å². The van der Waals surface area contributed by atoms with Crippen molar-refractivity contribution in [2.75, 3.05) is 5.32 Å². The zero-order valence-electron chi connectivity index (χ0n) is 16.9. The molecule has 1 aromatic heterocycles. The first-order valence-electron chi connectivity index (χ1n) is 9.89. The molecule has 1 aliphatic carbocycles. The Balaban J connectivity index is 1.63. The van der Waals surface area contributed by atoms with E-state index in [9.17, 15) is 9.18 Å². The van der Waals surface area contributed by atoms with Crippen LogP contribution in [0.4, 0.5) is 15.8 Å². The molecule has 1 aliphatic rings. The Hall–Kier alpha value is -3.42. The first kappa shape index (κ1) is 21.3. The number of anilines is 1. The second kappa shape index (κ2) is 9.39. The molecule has 30 heavy (non-hydrogen) atoms. The van der Waals surface area contributed by atoms with Crippen LogP contribution in [0.1, 0.15) is 32.6 Å². The molecule has 0 bridgehead atoms. The van der Waals surface area contributed by atoms with Crippen LogP contribution < -0.4 is 22.1 Å². The molecule has 0 unspecified atom stereocenters. The average molecular weight is 410 g/mol. The van der Waals surface area contributed by atoms with Crippen molar-refractivity contribution in [2.24, 2.45) is 16.5 Å². The molecule has 1 aromatic carbocycles. The number of nitrogens with zero attached hydrogens (tertiary/aromatic N) is 2. The fraction of sp³-hybridized carbons (Fsp3) is 0.318. The number of carbonyl (C=O) groups is 1. The Bertz CT molecular complexity index is 918. The molecule has 1 amide bonds. The minimum Gasteiger partial charge on any atom is -0.385 e. The zero-order valence-corrected chi connectivity index (χ0v) is 16.9. The van der Waals surface area contributed by atoms with E-state index in [2.05, 4.69) is 27.5 Å². The summed E-state index contributed by atoms with van der Waals surface area (Å²) in [7, 11) is 0. The summed E-state index contributed by atoms with van der Waals surface area (Å²) in [6.45, 7) is 2.11. The Kier molecular flexibility index (Phi) is 6.66. The number of aromatic nitrogens is 1. The Morgan fingerprint density at radius 2 is 1.93 bits per heavy atom. The van der Waals surface area contributed by atoms with E-state index in [0.717, 1.165) is 31.4 Å². The highest BCUT2D eigenvalue weighted by atomic mass is 19.1. The van der Waals surface area contributed by atoms with Gasteiger partial charge in [0.15, 0.2) is 0 Å². The lowest BCUT2D eigenvalue weighted by Crippen LogP contribution is -2.45. The molecule has 0 spiro atoms. The van der Waals surface area contributed by atoms with Gasteiger partial charge < -0.3 is 22.1 Å². The second-order valence-corrected chi connectivity index (χ2v) is 7.76. The number of amides is 1. The van der Waals surface area contributed by atoms with Crippen molar-refractivity contribution < 1.29 is 9.18 Å². The number of aliphatic imine (C=N–C) groups is 1. The minimum absolute atomic E-state index is 0.0165. The molecule has 0 atom stereocenters. The van der Waals surface area contributed by atoms with Gasteiger partial charge in [-0.15, -0.1) is 0 Å². The number of carbonyl (C=O) groups excluding carboxylic acids is 1.